The quantitative estimate of drug-likeness (QED) is 0.869. The summed E-state index contributed by atoms with van der Waals surface area (Å²) in [5.74, 6) is -0.0511. The number of amides is 1. The first kappa shape index (κ1) is 20.0. The lowest BCUT2D eigenvalue weighted by molar-refractivity contribution is -0.137. The number of hydrogen-bond donors (Lipinski definition) is 1. The Morgan fingerprint density at radius 2 is 1.70 bits per heavy atom. The second-order valence-corrected chi connectivity index (χ2v) is 7.87. The van der Waals surface area contributed by atoms with Crippen molar-refractivity contribution in [2.24, 2.45) is 5.92 Å². The number of hydrogen-bond acceptors (Lipinski definition) is 3. The summed E-state index contributed by atoms with van der Waals surface area (Å²) in [5, 5.41) is 3.14. The Balaban J connectivity index is 1.58. The molecule has 0 unspecified atom stereocenters. The third-order valence-electron chi connectivity index (χ3n) is 5.73. The fourth-order valence-electron chi connectivity index (χ4n) is 4.01. The molecule has 0 bridgehead atoms. The van der Waals surface area contributed by atoms with Crippen molar-refractivity contribution in [2.45, 2.75) is 44.8 Å². The van der Waals surface area contributed by atoms with Gasteiger partial charge in [0.05, 0.1) is 5.56 Å². The van der Waals surface area contributed by atoms with E-state index in [2.05, 4.69) is 17.3 Å². The highest BCUT2D eigenvalue weighted by atomic mass is 19.4. The molecule has 2 fully saturated rings. The fraction of sp³-hybridized carbons (Fsp3) is 0.650. The molecule has 7 heteroatoms. The molecule has 1 amide bonds. The molecule has 2 aliphatic heterocycles. The van der Waals surface area contributed by atoms with Crippen LogP contribution >= 0.6 is 0 Å². The molecule has 4 nitrogen and oxygen atoms in total. The van der Waals surface area contributed by atoms with Crippen molar-refractivity contribution >= 4 is 11.6 Å². The van der Waals surface area contributed by atoms with E-state index in [1.165, 1.54) is 6.07 Å². The van der Waals surface area contributed by atoms with Gasteiger partial charge in [0, 0.05) is 30.7 Å². The molecule has 0 radical (unpaired) electrons. The number of carbonyl (C=O) groups is 1. The van der Waals surface area contributed by atoms with Gasteiger partial charge in [0.1, 0.15) is 0 Å². The summed E-state index contributed by atoms with van der Waals surface area (Å²) in [4.78, 5) is 16.6. The van der Waals surface area contributed by atoms with Crippen molar-refractivity contribution in [1.29, 1.82) is 0 Å². The Labute approximate surface area is 158 Å². The predicted octanol–water partition coefficient (Wildman–Crippen LogP) is 3.44. The Morgan fingerprint density at radius 3 is 2.30 bits per heavy atom. The first-order valence-corrected chi connectivity index (χ1v) is 9.66. The van der Waals surface area contributed by atoms with Gasteiger partial charge in [-0.15, -0.1) is 0 Å². The second kappa shape index (κ2) is 8.09. The van der Waals surface area contributed by atoms with E-state index in [9.17, 15) is 18.0 Å². The molecule has 0 aliphatic carbocycles. The van der Waals surface area contributed by atoms with Crippen molar-refractivity contribution in [3.8, 4) is 0 Å². The van der Waals surface area contributed by atoms with Crippen LogP contribution in [0.15, 0.2) is 18.2 Å². The van der Waals surface area contributed by atoms with Crippen molar-refractivity contribution < 1.29 is 18.0 Å². The van der Waals surface area contributed by atoms with Crippen LogP contribution in [-0.4, -0.2) is 50.1 Å². The number of likely N-dealkylation sites (tertiary alicyclic amines) is 1. The van der Waals surface area contributed by atoms with Crippen LogP contribution in [0.25, 0.3) is 0 Å². The molecule has 150 valence electrons. The number of anilines is 1. The SMILES string of the molecule is Cc1ccc(N2CCC(C(=O)NC3CCN(C)CC3)CC2)c(C(F)(F)F)c1. The van der Waals surface area contributed by atoms with Gasteiger partial charge in [0.25, 0.3) is 0 Å². The molecular weight excluding hydrogens is 355 g/mol. The second-order valence-electron chi connectivity index (χ2n) is 7.87. The van der Waals surface area contributed by atoms with E-state index in [1.807, 2.05) is 0 Å². The Kier molecular flexibility index (Phi) is 5.99. The van der Waals surface area contributed by atoms with E-state index in [4.69, 9.17) is 0 Å². The number of rotatable bonds is 3. The number of nitrogens with zero attached hydrogens (tertiary/aromatic N) is 2. The van der Waals surface area contributed by atoms with Crippen LogP contribution in [0.1, 0.15) is 36.8 Å². The molecule has 0 atom stereocenters. The van der Waals surface area contributed by atoms with Crippen LogP contribution < -0.4 is 10.2 Å². The lowest BCUT2D eigenvalue weighted by Crippen LogP contribution is -2.47. The van der Waals surface area contributed by atoms with Gasteiger partial charge in [0.2, 0.25) is 5.91 Å². The minimum Gasteiger partial charge on any atom is -0.371 e. The lowest BCUT2D eigenvalue weighted by atomic mass is 9.93. The Bertz CT molecular complexity index is 661. The van der Waals surface area contributed by atoms with E-state index in [1.54, 1.807) is 24.0 Å². The van der Waals surface area contributed by atoms with Crippen LogP contribution in [0, 0.1) is 12.8 Å². The van der Waals surface area contributed by atoms with Crippen molar-refractivity contribution in [2.75, 3.05) is 38.1 Å². The largest absolute Gasteiger partial charge is 0.418 e. The minimum absolute atomic E-state index is 0.0594. The molecule has 27 heavy (non-hydrogen) atoms. The number of nitrogens with one attached hydrogen (secondary N) is 1. The van der Waals surface area contributed by atoms with Gasteiger partial charge in [-0.25, -0.2) is 0 Å². The van der Waals surface area contributed by atoms with Crippen molar-refractivity contribution in [3.05, 3.63) is 29.3 Å². The van der Waals surface area contributed by atoms with E-state index in [0.717, 1.165) is 25.9 Å². The van der Waals surface area contributed by atoms with Gasteiger partial charge in [0.15, 0.2) is 0 Å². The van der Waals surface area contributed by atoms with Gasteiger partial charge in [-0.05, 0) is 64.9 Å². The summed E-state index contributed by atoms with van der Waals surface area (Å²) < 4.78 is 40.1. The first-order valence-electron chi connectivity index (χ1n) is 9.66. The molecule has 1 aromatic rings. The maximum Gasteiger partial charge on any atom is 0.418 e. The molecule has 0 spiro atoms. The summed E-state index contributed by atoms with van der Waals surface area (Å²) in [6.07, 6.45) is -1.28. The summed E-state index contributed by atoms with van der Waals surface area (Å²) >= 11 is 0. The van der Waals surface area contributed by atoms with E-state index in [-0.39, 0.29) is 23.6 Å². The summed E-state index contributed by atoms with van der Waals surface area (Å²) in [6.45, 7) is 4.57. The monoisotopic (exact) mass is 383 g/mol. The van der Waals surface area contributed by atoms with Crippen LogP contribution in [-0.2, 0) is 11.0 Å². The highest BCUT2D eigenvalue weighted by Crippen LogP contribution is 2.38. The number of alkyl halides is 3. The fourth-order valence-corrected chi connectivity index (χ4v) is 4.01. The smallest absolute Gasteiger partial charge is 0.371 e. The average Bonchev–Trinajstić information content (AvgIpc) is 2.63. The first-order chi connectivity index (χ1) is 12.7. The highest BCUT2D eigenvalue weighted by molar-refractivity contribution is 5.79. The molecule has 2 heterocycles. The predicted molar refractivity (Wildman–Crippen MR) is 99.8 cm³/mol. The number of piperidine rings is 2. The number of aryl methyl sites for hydroxylation is 1. The van der Waals surface area contributed by atoms with Gasteiger partial charge in [-0.1, -0.05) is 11.6 Å². The van der Waals surface area contributed by atoms with Crippen molar-refractivity contribution in [1.82, 2.24) is 10.2 Å². The molecule has 2 aliphatic rings. The summed E-state index contributed by atoms with van der Waals surface area (Å²) in [5.41, 5.74) is 0.234. The standard InChI is InChI=1S/C20H28F3N3O/c1-14-3-4-18(17(13-14)20(21,22)23)26-11-5-15(6-12-26)19(27)24-16-7-9-25(2)10-8-16/h3-4,13,15-16H,5-12H2,1-2H3,(H,24,27). The number of carbonyl (C=O) groups excluding carboxylic acids is 1. The van der Waals surface area contributed by atoms with E-state index in [0.29, 0.717) is 31.5 Å². The molecule has 1 aromatic carbocycles. The molecule has 0 saturated carbocycles. The lowest BCUT2D eigenvalue weighted by Gasteiger charge is -2.36. The van der Waals surface area contributed by atoms with Crippen LogP contribution in [0.5, 0.6) is 0 Å². The molecular formula is C20H28F3N3O. The Hall–Kier alpha value is -1.76. The molecule has 1 N–H and O–H groups in total. The van der Waals surface area contributed by atoms with E-state index < -0.39 is 11.7 Å². The zero-order chi connectivity index (χ0) is 19.6. The zero-order valence-electron chi connectivity index (χ0n) is 16.0. The summed E-state index contributed by atoms with van der Waals surface area (Å²) in [6, 6.07) is 4.69. The van der Waals surface area contributed by atoms with Gasteiger partial charge < -0.3 is 15.1 Å². The zero-order valence-corrected chi connectivity index (χ0v) is 16.0. The number of halogens is 3. The minimum atomic E-state index is -4.37. The van der Waals surface area contributed by atoms with Crippen LogP contribution in [0.4, 0.5) is 18.9 Å². The number of benzene rings is 1. The topological polar surface area (TPSA) is 35.6 Å². The summed E-state index contributed by atoms with van der Waals surface area (Å²) in [7, 11) is 2.08. The van der Waals surface area contributed by atoms with E-state index >= 15 is 0 Å². The van der Waals surface area contributed by atoms with Gasteiger partial charge in [-0.2, -0.15) is 13.2 Å². The third-order valence-corrected chi connectivity index (χ3v) is 5.73. The maximum absolute atomic E-state index is 13.4. The maximum atomic E-state index is 13.4. The van der Waals surface area contributed by atoms with Gasteiger partial charge in [-0.3, -0.25) is 4.79 Å². The van der Waals surface area contributed by atoms with Crippen LogP contribution in [0.3, 0.4) is 0 Å². The highest BCUT2D eigenvalue weighted by Gasteiger charge is 2.36. The van der Waals surface area contributed by atoms with Crippen LogP contribution in [0.2, 0.25) is 0 Å². The third kappa shape index (κ3) is 4.94. The van der Waals surface area contributed by atoms with Gasteiger partial charge >= 0.3 is 6.18 Å². The van der Waals surface area contributed by atoms with Crippen molar-refractivity contribution in [3.63, 3.8) is 0 Å². The average molecular weight is 383 g/mol. The molecule has 3 rings (SSSR count). The molecule has 0 aromatic heterocycles. The molecule has 2 saturated heterocycles. The normalized spacial score (nSPS) is 20.7. The Morgan fingerprint density at radius 1 is 1.07 bits per heavy atom.